The molecule has 1 aliphatic rings. The number of carbonyl (C=O) groups is 1. The van der Waals surface area contributed by atoms with Gasteiger partial charge in [-0.15, -0.1) is 0 Å². The molecule has 4 heteroatoms. The molecule has 0 aromatic carbocycles. The molecule has 1 saturated heterocycles. The third kappa shape index (κ3) is 5.35. The first-order valence-corrected chi connectivity index (χ1v) is 8.76. The fourth-order valence-electron chi connectivity index (χ4n) is 2.83. The van der Waals surface area contributed by atoms with Gasteiger partial charge in [0.1, 0.15) is 0 Å². The van der Waals surface area contributed by atoms with Crippen LogP contribution in [0, 0.1) is 5.92 Å². The van der Waals surface area contributed by atoms with Crippen molar-refractivity contribution in [1.29, 1.82) is 0 Å². The molecule has 3 atom stereocenters. The van der Waals surface area contributed by atoms with Gasteiger partial charge in [0, 0.05) is 30.0 Å². The van der Waals surface area contributed by atoms with E-state index in [0.29, 0.717) is 29.5 Å². The Morgan fingerprint density at radius 1 is 1.37 bits per heavy atom. The SMILES string of the molecule is CCCC(CCN)CCC(=O)N1CCSC(C)C1C. The monoisotopic (exact) mass is 286 g/mol. The number of amides is 1. The fourth-order valence-corrected chi connectivity index (χ4v) is 3.93. The van der Waals surface area contributed by atoms with Crippen molar-refractivity contribution in [2.45, 2.75) is 64.2 Å². The van der Waals surface area contributed by atoms with E-state index >= 15 is 0 Å². The van der Waals surface area contributed by atoms with E-state index in [0.717, 1.165) is 31.7 Å². The molecule has 0 radical (unpaired) electrons. The number of hydrogen-bond acceptors (Lipinski definition) is 3. The minimum absolute atomic E-state index is 0.345. The van der Waals surface area contributed by atoms with Gasteiger partial charge in [0.2, 0.25) is 5.91 Å². The number of carbonyl (C=O) groups excluding carboxylic acids is 1. The minimum atomic E-state index is 0.345. The van der Waals surface area contributed by atoms with Crippen LogP contribution in [0.1, 0.15) is 52.9 Å². The van der Waals surface area contributed by atoms with Crippen LogP contribution in [0.5, 0.6) is 0 Å². The van der Waals surface area contributed by atoms with Gasteiger partial charge in [-0.3, -0.25) is 4.79 Å². The first-order valence-electron chi connectivity index (χ1n) is 7.71. The van der Waals surface area contributed by atoms with E-state index in [1.54, 1.807) is 0 Å². The average molecular weight is 286 g/mol. The summed E-state index contributed by atoms with van der Waals surface area (Å²) < 4.78 is 0. The summed E-state index contributed by atoms with van der Waals surface area (Å²) in [6.45, 7) is 8.27. The molecule has 1 rings (SSSR count). The Morgan fingerprint density at radius 3 is 2.74 bits per heavy atom. The van der Waals surface area contributed by atoms with Gasteiger partial charge in [0.05, 0.1) is 0 Å². The average Bonchev–Trinajstić information content (AvgIpc) is 2.39. The van der Waals surface area contributed by atoms with E-state index in [9.17, 15) is 4.79 Å². The van der Waals surface area contributed by atoms with Crippen molar-refractivity contribution in [1.82, 2.24) is 4.90 Å². The second-order valence-corrected chi connectivity index (χ2v) is 7.16. The van der Waals surface area contributed by atoms with Crippen LogP contribution < -0.4 is 5.73 Å². The molecular formula is C15H30N2OS. The number of rotatable bonds is 7. The lowest BCUT2D eigenvalue weighted by Gasteiger charge is -2.37. The zero-order valence-electron chi connectivity index (χ0n) is 12.7. The van der Waals surface area contributed by atoms with Gasteiger partial charge in [-0.05, 0) is 32.2 Å². The number of nitrogens with two attached hydrogens (primary N) is 1. The van der Waals surface area contributed by atoms with Crippen LogP contribution in [0.25, 0.3) is 0 Å². The Kier molecular flexibility index (Phi) is 7.84. The van der Waals surface area contributed by atoms with Gasteiger partial charge < -0.3 is 10.6 Å². The van der Waals surface area contributed by atoms with Gasteiger partial charge in [0.25, 0.3) is 0 Å². The second-order valence-electron chi connectivity index (χ2n) is 5.67. The molecule has 19 heavy (non-hydrogen) atoms. The summed E-state index contributed by atoms with van der Waals surface area (Å²) in [5.41, 5.74) is 5.65. The zero-order chi connectivity index (χ0) is 14.3. The number of hydrogen-bond donors (Lipinski definition) is 1. The maximum absolute atomic E-state index is 12.4. The first-order chi connectivity index (χ1) is 9.10. The van der Waals surface area contributed by atoms with Crippen molar-refractivity contribution < 1.29 is 4.79 Å². The molecule has 0 spiro atoms. The summed E-state index contributed by atoms with van der Waals surface area (Å²) in [6, 6.07) is 0.380. The minimum Gasteiger partial charge on any atom is -0.338 e. The Hall–Kier alpha value is -0.220. The molecule has 112 valence electrons. The van der Waals surface area contributed by atoms with Crippen LogP contribution in [0.3, 0.4) is 0 Å². The molecular weight excluding hydrogens is 256 g/mol. The summed E-state index contributed by atoms with van der Waals surface area (Å²) >= 11 is 1.98. The maximum atomic E-state index is 12.4. The summed E-state index contributed by atoms with van der Waals surface area (Å²) in [6.07, 6.45) is 5.16. The molecule has 3 nitrogen and oxygen atoms in total. The zero-order valence-corrected chi connectivity index (χ0v) is 13.5. The molecule has 0 bridgehead atoms. The predicted molar refractivity (Wildman–Crippen MR) is 84.4 cm³/mol. The second kappa shape index (κ2) is 8.85. The highest BCUT2D eigenvalue weighted by atomic mass is 32.2. The third-order valence-electron chi connectivity index (χ3n) is 4.24. The van der Waals surface area contributed by atoms with Crippen molar-refractivity contribution in [2.24, 2.45) is 11.7 Å². The molecule has 0 aromatic heterocycles. The van der Waals surface area contributed by atoms with E-state index in [1.807, 2.05) is 11.8 Å². The van der Waals surface area contributed by atoms with E-state index in [1.165, 1.54) is 12.8 Å². The van der Waals surface area contributed by atoms with E-state index in [4.69, 9.17) is 5.73 Å². The van der Waals surface area contributed by atoms with Crippen LogP contribution in [-0.2, 0) is 4.79 Å². The molecule has 1 aliphatic heterocycles. The van der Waals surface area contributed by atoms with Crippen LogP contribution in [0.2, 0.25) is 0 Å². The fraction of sp³-hybridized carbons (Fsp3) is 0.933. The highest BCUT2D eigenvalue weighted by molar-refractivity contribution is 8.00. The summed E-state index contributed by atoms with van der Waals surface area (Å²) in [5, 5.41) is 0.563. The Balaban J connectivity index is 2.40. The summed E-state index contributed by atoms with van der Waals surface area (Å²) in [5.74, 6) is 2.06. The smallest absolute Gasteiger partial charge is 0.222 e. The van der Waals surface area contributed by atoms with Gasteiger partial charge in [-0.2, -0.15) is 11.8 Å². The van der Waals surface area contributed by atoms with Gasteiger partial charge in [0.15, 0.2) is 0 Å². The van der Waals surface area contributed by atoms with Crippen molar-refractivity contribution >= 4 is 17.7 Å². The van der Waals surface area contributed by atoms with E-state index < -0.39 is 0 Å². The molecule has 1 fully saturated rings. The molecule has 3 unspecified atom stereocenters. The van der Waals surface area contributed by atoms with Crippen molar-refractivity contribution in [3.05, 3.63) is 0 Å². The van der Waals surface area contributed by atoms with Crippen molar-refractivity contribution in [3.8, 4) is 0 Å². The largest absolute Gasteiger partial charge is 0.338 e. The molecule has 2 N–H and O–H groups in total. The van der Waals surface area contributed by atoms with Crippen molar-refractivity contribution in [3.63, 3.8) is 0 Å². The highest BCUT2D eigenvalue weighted by Crippen LogP contribution is 2.26. The number of thioether (sulfide) groups is 1. The molecule has 0 saturated carbocycles. The third-order valence-corrected chi connectivity index (χ3v) is 5.58. The van der Waals surface area contributed by atoms with Crippen LogP contribution in [-0.4, -0.2) is 40.9 Å². The standard InChI is InChI=1S/C15H30N2OS/c1-4-5-14(8-9-16)6-7-15(18)17-10-11-19-13(3)12(17)2/h12-14H,4-11,16H2,1-3H3. The van der Waals surface area contributed by atoms with Crippen molar-refractivity contribution in [2.75, 3.05) is 18.8 Å². The maximum Gasteiger partial charge on any atom is 0.222 e. The lowest BCUT2D eigenvalue weighted by molar-refractivity contribution is -0.133. The topological polar surface area (TPSA) is 46.3 Å². The van der Waals surface area contributed by atoms with Crippen LogP contribution in [0.4, 0.5) is 0 Å². The van der Waals surface area contributed by atoms with Gasteiger partial charge >= 0.3 is 0 Å². The molecule has 0 aromatic rings. The Bertz CT molecular complexity index is 267. The lowest BCUT2D eigenvalue weighted by Crippen LogP contribution is -2.48. The molecule has 1 heterocycles. The summed E-state index contributed by atoms with van der Waals surface area (Å²) in [7, 11) is 0. The quantitative estimate of drug-likeness (QED) is 0.783. The van der Waals surface area contributed by atoms with Crippen LogP contribution >= 0.6 is 11.8 Å². The Labute approximate surface area is 122 Å². The highest BCUT2D eigenvalue weighted by Gasteiger charge is 2.28. The Morgan fingerprint density at radius 2 is 2.11 bits per heavy atom. The summed E-state index contributed by atoms with van der Waals surface area (Å²) in [4.78, 5) is 14.4. The van der Waals surface area contributed by atoms with Gasteiger partial charge in [-0.25, -0.2) is 0 Å². The van der Waals surface area contributed by atoms with E-state index in [-0.39, 0.29) is 0 Å². The molecule has 1 amide bonds. The molecule has 0 aliphatic carbocycles. The first kappa shape index (κ1) is 16.8. The predicted octanol–water partition coefficient (Wildman–Crippen LogP) is 2.88. The van der Waals surface area contributed by atoms with Gasteiger partial charge in [-0.1, -0.05) is 26.7 Å². The number of nitrogens with zero attached hydrogens (tertiary/aromatic N) is 1. The van der Waals surface area contributed by atoms with Crippen LogP contribution in [0.15, 0.2) is 0 Å². The normalized spacial score (nSPS) is 25.4. The lowest BCUT2D eigenvalue weighted by atomic mass is 9.94. The van der Waals surface area contributed by atoms with E-state index in [2.05, 4.69) is 25.7 Å².